The molecule has 1 aromatic carbocycles. The number of nitrogens with zero attached hydrogens (tertiary/aromatic N) is 3. The summed E-state index contributed by atoms with van der Waals surface area (Å²) in [5.74, 6) is -1.62. The van der Waals surface area contributed by atoms with Gasteiger partial charge >= 0.3 is 0 Å². The van der Waals surface area contributed by atoms with Crippen molar-refractivity contribution in [2.45, 2.75) is 19.4 Å². The van der Waals surface area contributed by atoms with Crippen molar-refractivity contribution in [2.75, 3.05) is 20.3 Å². The maximum absolute atomic E-state index is 13.1. The average molecular weight is 440 g/mol. The van der Waals surface area contributed by atoms with Gasteiger partial charge in [-0.1, -0.05) is 29.8 Å². The van der Waals surface area contributed by atoms with Gasteiger partial charge in [0.1, 0.15) is 11.3 Å². The standard InChI is InChI=1S/C23H22ClN3O4/c1-14-19(26-11-4-3-6-17(26)25-14)21(28)18-20(15-7-9-16(24)10-8-15)27(12-5-13-31-2)23(30)22(18)29/h3-4,6-11,20,28H,5,12-13H2,1-2H3. The molecule has 1 aliphatic heterocycles. The van der Waals surface area contributed by atoms with Crippen molar-refractivity contribution in [2.24, 2.45) is 0 Å². The van der Waals surface area contributed by atoms with Gasteiger partial charge in [0.2, 0.25) is 0 Å². The molecule has 0 bridgehead atoms. The Kier molecular flexibility index (Phi) is 5.80. The molecule has 2 aromatic heterocycles. The van der Waals surface area contributed by atoms with Crippen LogP contribution in [0.3, 0.4) is 0 Å². The van der Waals surface area contributed by atoms with Crippen LogP contribution in [0.4, 0.5) is 0 Å². The highest BCUT2D eigenvalue weighted by atomic mass is 35.5. The van der Waals surface area contributed by atoms with Crippen LogP contribution in [0.2, 0.25) is 5.02 Å². The lowest BCUT2D eigenvalue weighted by atomic mass is 9.96. The third-order valence-corrected chi connectivity index (χ3v) is 5.65. The number of ether oxygens (including phenoxy) is 1. The fraction of sp³-hybridized carbons (Fsp3) is 0.261. The number of aromatic nitrogens is 2. The highest BCUT2D eigenvalue weighted by Gasteiger charge is 2.46. The van der Waals surface area contributed by atoms with Crippen LogP contribution in [0, 0.1) is 6.92 Å². The number of aryl methyl sites for hydroxylation is 1. The van der Waals surface area contributed by atoms with Crippen molar-refractivity contribution in [3.8, 4) is 0 Å². The zero-order chi connectivity index (χ0) is 22.1. The van der Waals surface area contributed by atoms with Gasteiger partial charge in [-0.05, 0) is 43.2 Å². The Labute approximate surface area is 184 Å². The van der Waals surface area contributed by atoms with E-state index in [9.17, 15) is 14.7 Å². The average Bonchev–Trinajstić information content (AvgIpc) is 3.22. The number of aliphatic hydroxyl groups is 1. The van der Waals surface area contributed by atoms with E-state index in [2.05, 4.69) is 4.98 Å². The summed E-state index contributed by atoms with van der Waals surface area (Å²) in [4.78, 5) is 32.0. The fourth-order valence-corrected chi connectivity index (χ4v) is 4.13. The Morgan fingerprint density at radius 2 is 1.94 bits per heavy atom. The number of imidazole rings is 1. The van der Waals surface area contributed by atoms with Gasteiger partial charge in [0.15, 0.2) is 5.76 Å². The van der Waals surface area contributed by atoms with E-state index >= 15 is 0 Å². The molecule has 1 saturated heterocycles. The Morgan fingerprint density at radius 3 is 2.65 bits per heavy atom. The molecule has 3 aromatic rings. The summed E-state index contributed by atoms with van der Waals surface area (Å²) in [7, 11) is 1.58. The summed E-state index contributed by atoms with van der Waals surface area (Å²) in [6.45, 7) is 2.52. The quantitative estimate of drug-likeness (QED) is 0.273. The van der Waals surface area contributed by atoms with E-state index in [4.69, 9.17) is 16.3 Å². The van der Waals surface area contributed by atoms with Crippen LogP contribution < -0.4 is 0 Å². The molecular weight excluding hydrogens is 418 g/mol. The van der Waals surface area contributed by atoms with E-state index in [1.807, 2.05) is 18.2 Å². The highest BCUT2D eigenvalue weighted by molar-refractivity contribution is 6.46. The minimum absolute atomic E-state index is 0.0403. The van der Waals surface area contributed by atoms with Crippen LogP contribution in [-0.2, 0) is 14.3 Å². The summed E-state index contributed by atoms with van der Waals surface area (Å²) in [5, 5.41) is 11.9. The van der Waals surface area contributed by atoms with E-state index in [-0.39, 0.29) is 11.3 Å². The fourth-order valence-electron chi connectivity index (χ4n) is 4.01. The van der Waals surface area contributed by atoms with Crippen LogP contribution in [0.1, 0.15) is 29.4 Å². The Morgan fingerprint density at radius 1 is 1.19 bits per heavy atom. The summed E-state index contributed by atoms with van der Waals surface area (Å²) >= 11 is 6.04. The molecular formula is C23H22ClN3O4. The number of halogens is 1. The van der Waals surface area contributed by atoms with E-state index in [0.717, 1.165) is 0 Å². The van der Waals surface area contributed by atoms with Crippen LogP contribution >= 0.6 is 11.6 Å². The first-order valence-electron chi connectivity index (χ1n) is 9.91. The first-order valence-corrected chi connectivity index (χ1v) is 10.3. The molecule has 1 amide bonds. The van der Waals surface area contributed by atoms with Crippen LogP contribution in [-0.4, -0.2) is 51.3 Å². The lowest BCUT2D eigenvalue weighted by Crippen LogP contribution is -2.31. The molecule has 4 rings (SSSR count). The number of benzene rings is 1. The predicted octanol–water partition coefficient (Wildman–Crippen LogP) is 3.75. The van der Waals surface area contributed by atoms with Gasteiger partial charge in [-0.3, -0.25) is 14.0 Å². The Hall–Kier alpha value is -3.16. The van der Waals surface area contributed by atoms with E-state index < -0.39 is 17.7 Å². The maximum Gasteiger partial charge on any atom is 0.295 e. The molecule has 1 unspecified atom stereocenters. The summed E-state index contributed by atoms with van der Waals surface area (Å²) in [5.41, 5.74) is 2.32. The van der Waals surface area contributed by atoms with Gasteiger partial charge in [-0.25, -0.2) is 4.98 Å². The number of carbonyl (C=O) groups excluding carboxylic acids is 2. The zero-order valence-electron chi connectivity index (χ0n) is 17.2. The number of hydrogen-bond donors (Lipinski definition) is 1. The number of aliphatic hydroxyl groups excluding tert-OH is 1. The number of methoxy groups -OCH3 is 1. The Bertz CT molecular complexity index is 1180. The molecule has 7 nitrogen and oxygen atoms in total. The third kappa shape index (κ3) is 3.71. The minimum Gasteiger partial charge on any atom is -0.505 e. The van der Waals surface area contributed by atoms with Crippen molar-refractivity contribution < 1.29 is 19.4 Å². The molecule has 160 valence electrons. The van der Waals surface area contributed by atoms with E-state index in [1.165, 1.54) is 4.90 Å². The van der Waals surface area contributed by atoms with Gasteiger partial charge in [-0.15, -0.1) is 0 Å². The van der Waals surface area contributed by atoms with E-state index in [0.29, 0.717) is 47.2 Å². The normalized spacial score (nSPS) is 18.3. The molecule has 1 fully saturated rings. The highest BCUT2D eigenvalue weighted by Crippen LogP contribution is 2.40. The molecule has 0 aliphatic carbocycles. The van der Waals surface area contributed by atoms with Crippen molar-refractivity contribution in [1.29, 1.82) is 0 Å². The van der Waals surface area contributed by atoms with Crippen molar-refractivity contribution in [1.82, 2.24) is 14.3 Å². The molecule has 8 heteroatoms. The number of carbonyl (C=O) groups is 2. The lowest BCUT2D eigenvalue weighted by molar-refractivity contribution is -0.140. The topological polar surface area (TPSA) is 84.1 Å². The Balaban J connectivity index is 1.90. The second kappa shape index (κ2) is 8.53. The number of ketones is 1. The van der Waals surface area contributed by atoms with Gasteiger partial charge < -0.3 is 14.7 Å². The summed E-state index contributed by atoms with van der Waals surface area (Å²) in [6, 6.07) is 11.6. The zero-order valence-corrected chi connectivity index (χ0v) is 18.0. The van der Waals surface area contributed by atoms with Crippen LogP contribution in [0.25, 0.3) is 11.4 Å². The van der Waals surface area contributed by atoms with Gasteiger partial charge in [0.25, 0.3) is 11.7 Å². The van der Waals surface area contributed by atoms with E-state index in [1.54, 1.807) is 48.9 Å². The van der Waals surface area contributed by atoms with Gasteiger partial charge in [0, 0.05) is 31.5 Å². The van der Waals surface area contributed by atoms with Crippen molar-refractivity contribution in [3.63, 3.8) is 0 Å². The number of hydrogen-bond acceptors (Lipinski definition) is 5. The summed E-state index contributed by atoms with van der Waals surface area (Å²) in [6.07, 6.45) is 2.32. The monoisotopic (exact) mass is 439 g/mol. The molecule has 3 heterocycles. The number of likely N-dealkylation sites (tertiary alicyclic amines) is 1. The maximum atomic E-state index is 13.1. The van der Waals surface area contributed by atoms with Crippen molar-refractivity contribution >= 4 is 34.7 Å². The second-order valence-electron chi connectivity index (χ2n) is 7.37. The predicted molar refractivity (Wildman–Crippen MR) is 117 cm³/mol. The summed E-state index contributed by atoms with van der Waals surface area (Å²) < 4.78 is 6.81. The number of amides is 1. The number of Topliss-reactive ketones (excluding diaryl/α,β-unsaturated/α-hetero) is 1. The lowest BCUT2D eigenvalue weighted by Gasteiger charge is -2.25. The second-order valence-corrected chi connectivity index (χ2v) is 7.80. The van der Waals surface area contributed by atoms with Crippen LogP contribution in [0.5, 0.6) is 0 Å². The van der Waals surface area contributed by atoms with Crippen LogP contribution in [0.15, 0.2) is 54.2 Å². The molecule has 0 radical (unpaired) electrons. The van der Waals surface area contributed by atoms with Gasteiger partial charge in [-0.2, -0.15) is 0 Å². The number of rotatable bonds is 6. The first kappa shape index (κ1) is 21.1. The first-order chi connectivity index (χ1) is 14.9. The third-order valence-electron chi connectivity index (χ3n) is 5.40. The molecule has 1 atom stereocenters. The number of pyridine rings is 1. The molecule has 0 spiro atoms. The molecule has 0 saturated carbocycles. The number of fused-ring (bicyclic) bond motifs is 1. The molecule has 31 heavy (non-hydrogen) atoms. The largest absolute Gasteiger partial charge is 0.505 e. The van der Waals surface area contributed by atoms with Gasteiger partial charge in [0.05, 0.1) is 17.3 Å². The minimum atomic E-state index is -0.734. The van der Waals surface area contributed by atoms with Crippen molar-refractivity contribution in [3.05, 3.63) is 76.2 Å². The molecule has 1 N–H and O–H groups in total. The smallest absolute Gasteiger partial charge is 0.295 e. The molecule has 1 aliphatic rings. The SMILES string of the molecule is COCCCN1C(=O)C(=O)C(=C(O)c2c(C)nc3ccccn23)C1c1ccc(Cl)cc1.